The second-order valence-electron chi connectivity index (χ2n) is 3.11. The molecule has 0 aromatic carbocycles. The van der Waals surface area contributed by atoms with Crippen molar-refractivity contribution < 1.29 is 24.9 Å². The minimum atomic E-state index is -1.10. The van der Waals surface area contributed by atoms with Crippen LogP contribution in [-0.2, 0) is 9.59 Å². The molecule has 0 heterocycles. The van der Waals surface area contributed by atoms with Gasteiger partial charge in [0.25, 0.3) is 0 Å². The van der Waals surface area contributed by atoms with Crippen molar-refractivity contribution in [1.29, 1.82) is 0 Å². The number of rotatable bonds is 5. The van der Waals surface area contributed by atoms with E-state index in [2.05, 4.69) is 0 Å². The first-order valence-electron chi connectivity index (χ1n) is 3.44. The number of carboxylic acid groups (broad SMARTS) is 2. The normalized spacial score (nSPS) is 11.2. The second kappa shape index (κ2) is 4.06. The van der Waals surface area contributed by atoms with Gasteiger partial charge in [0, 0.05) is 12.0 Å². The van der Waals surface area contributed by atoms with Crippen LogP contribution < -0.4 is 0 Å². The van der Waals surface area contributed by atoms with Gasteiger partial charge in [0.15, 0.2) is 0 Å². The standard InChI is InChI=1S/C7H12O5/c1-7(4-8,2-5(9)10)3-6(11)12/h8H,2-4H2,1H3,(H,9,10)(H,11,12). The predicted molar refractivity (Wildman–Crippen MR) is 39.7 cm³/mol. The molecule has 0 aliphatic carbocycles. The Morgan fingerprint density at radius 2 is 1.50 bits per heavy atom. The fraction of sp³-hybridized carbons (Fsp3) is 0.714. The van der Waals surface area contributed by atoms with Crippen LogP contribution >= 0.6 is 0 Å². The quantitative estimate of drug-likeness (QED) is 0.545. The smallest absolute Gasteiger partial charge is 0.304 e. The maximum atomic E-state index is 10.3. The molecule has 0 unspecified atom stereocenters. The number of hydrogen-bond acceptors (Lipinski definition) is 3. The average molecular weight is 176 g/mol. The van der Waals surface area contributed by atoms with Crippen molar-refractivity contribution >= 4 is 11.9 Å². The van der Waals surface area contributed by atoms with E-state index in [9.17, 15) is 9.59 Å². The lowest BCUT2D eigenvalue weighted by Gasteiger charge is -2.22. The molecular formula is C7H12O5. The Hall–Kier alpha value is -1.10. The van der Waals surface area contributed by atoms with E-state index in [1.165, 1.54) is 6.92 Å². The van der Waals surface area contributed by atoms with Gasteiger partial charge in [-0.15, -0.1) is 0 Å². The van der Waals surface area contributed by atoms with Crippen LogP contribution in [0.5, 0.6) is 0 Å². The molecule has 0 aliphatic rings. The first-order valence-corrected chi connectivity index (χ1v) is 3.44. The third-order valence-corrected chi connectivity index (χ3v) is 1.54. The van der Waals surface area contributed by atoms with Gasteiger partial charge in [-0.25, -0.2) is 0 Å². The van der Waals surface area contributed by atoms with Gasteiger partial charge in [-0.3, -0.25) is 9.59 Å². The number of aliphatic hydroxyl groups excluding tert-OH is 1. The molecule has 0 bridgehead atoms. The molecule has 0 amide bonds. The van der Waals surface area contributed by atoms with Gasteiger partial charge in [-0.2, -0.15) is 0 Å². The number of hydrogen-bond donors (Lipinski definition) is 3. The molecule has 0 aromatic heterocycles. The lowest BCUT2D eigenvalue weighted by atomic mass is 9.84. The summed E-state index contributed by atoms with van der Waals surface area (Å²) in [5.41, 5.74) is -1.06. The lowest BCUT2D eigenvalue weighted by molar-refractivity contribution is -0.144. The molecule has 0 spiro atoms. The molecule has 70 valence electrons. The maximum Gasteiger partial charge on any atom is 0.304 e. The molecule has 5 nitrogen and oxygen atoms in total. The molecular weight excluding hydrogens is 164 g/mol. The van der Waals surface area contributed by atoms with Gasteiger partial charge in [-0.05, 0) is 0 Å². The summed E-state index contributed by atoms with van der Waals surface area (Å²) < 4.78 is 0. The Bertz CT molecular complexity index is 170. The van der Waals surface area contributed by atoms with Crippen LogP contribution in [-0.4, -0.2) is 33.9 Å². The molecule has 12 heavy (non-hydrogen) atoms. The Morgan fingerprint density at radius 3 is 1.67 bits per heavy atom. The summed E-state index contributed by atoms with van der Waals surface area (Å²) in [6.45, 7) is 0.987. The van der Waals surface area contributed by atoms with Crippen LogP contribution in [0.4, 0.5) is 0 Å². The summed E-state index contributed by atoms with van der Waals surface area (Å²) in [4.78, 5) is 20.5. The zero-order valence-corrected chi connectivity index (χ0v) is 6.78. The van der Waals surface area contributed by atoms with Crippen molar-refractivity contribution in [2.24, 2.45) is 5.41 Å². The predicted octanol–water partition coefficient (Wildman–Crippen LogP) is -0.0656. The van der Waals surface area contributed by atoms with Crippen molar-refractivity contribution in [3.05, 3.63) is 0 Å². The number of carbonyl (C=O) groups is 2. The van der Waals surface area contributed by atoms with E-state index in [-0.39, 0.29) is 12.8 Å². The molecule has 0 aliphatic heterocycles. The summed E-state index contributed by atoms with van der Waals surface area (Å²) in [7, 11) is 0. The topological polar surface area (TPSA) is 94.8 Å². The van der Waals surface area contributed by atoms with E-state index >= 15 is 0 Å². The van der Waals surface area contributed by atoms with E-state index in [0.717, 1.165) is 0 Å². The number of aliphatic hydroxyl groups is 1. The molecule has 0 saturated heterocycles. The van der Waals surface area contributed by atoms with E-state index < -0.39 is 24.0 Å². The fourth-order valence-corrected chi connectivity index (χ4v) is 0.904. The molecule has 0 atom stereocenters. The van der Waals surface area contributed by atoms with E-state index in [1.807, 2.05) is 0 Å². The van der Waals surface area contributed by atoms with Crippen molar-refractivity contribution in [1.82, 2.24) is 0 Å². The van der Waals surface area contributed by atoms with E-state index in [4.69, 9.17) is 15.3 Å². The van der Waals surface area contributed by atoms with Crippen LogP contribution in [0.25, 0.3) is 0 Å². The first kappa shape index (κ1) is 10.9. The third-order valence-electron chi connectivity index (χ3n) is 1.54. The number of carboxylic acids is 2. The molecule has 5 heteroatoms. The zero-order valence-electron chi connectivity index (χ0n) is 6.78. The Morgan fingerprint density at radius 1 is 1.17 bits per heavy atom. The largest absolute Gasteiger partial charge is 0.481 e. The zero-order chi connectivity index (χ0) is 9.78. The average Bonchev–Trinajstić information content (AvgIpc) is 1.83. The highest BCUT2D eigenvalue weighted by Gasteiger charge is 2.29. The second-order valence-corrected chi connectivity index (χ2v) is 3.11. The van der Waals surface area contributed by atoms with Crippen molar-refractivity contribution in [3.63, 3.8) is 0 Å². The highest BCUT2D eigenvalue weighted by Crippen LogP contribution is 2.24. The monoisotopic (exact) mass is 176 g/mol. The minimum Gasteiger partial charge on any atom is -0.481 e. The van der Waals surface area contributed by atoms with Gasteiger partial charge in [0.2, 0.25) is 0 Å². The van der Waals surface area contributed by atoms with Crippen LogP contribution in [0.1, 0.15) is 19.8 Å². The molecule has 3 N–H and O–H groups in total. The fourth-order valence-electron chi connectivity index (χ4n) is 0.904. The Labute approximate surface area is 69.6 Å². The van der Waals surface area contributed by atoms with Crippen LogP contribution in [0.15, 0.2) is 0 Å². The SMILES string of the molecule is CC(CO)(CC(=O)O)CC(=O)O. The maximum absolute atomic E-state index is 10.3. The molecule has 0 aromatic rings. The summed E-state index contributed by atoms with van der Waals surface area (Å²) in [6, 6.07) is 0. The summed E-state index contributed by atoms with van der Waals surface area (Å²) >= 11 is 0. The van der Waals surface area contributed by atoms with Gasteiger partial charge >= 0.3 is 11.9 Å². The summed E-state index contributed by atoms with van der Waals surface area (Å²) in [6.07, 6.45) is -0.675. The van der Waals surface area contributed by atoms with Crippen LogP contribution in [0.3, 0.4) is 0 Å². The highest BCUT2D eigenvalue weighted by molar-refractivity contribution is 5.71. The van der Waals surface area contributed by atoms with Gasteiger partial charge in [-0.1, -0.05) is 6.92 Å². The van der Waals surface area contributed by atoms with Crippen molar-refractivity contribution in [2.45, 2.75) is 19.8 Å². The molecule has 0 radical (unpaired) electrons. The molecule has 0 rings (SSSR count). The highest BCUT2D eigenvalue weighted by atomic mass is 16.4. The third kappa shape index (κ3) is 3.92. The number of aliphatic carboxylic acids is 2. The van der Waals surface area contributed by atoms with Gasteiger partial charge in [0.1, 0.15) is 0 Å². The molecule has 0 saturated carbocycles. The van der Waals surface area contributed by atoms with Crippen LogP contribution in [0, 0.1) is 5.41 Å². The van der Waals surface area contributed by atoms with Crippen molar-refractivity contribution in [3.8, 4) is 0 Å². The minimum absolute atomic E-state index is 0.338. The summed E-state index contributed by atoms with van der Waals surface area (Å²) in [5, 5.41) is 25.5. The lowest BCUT2D eigenvalue weighted by Crippen LogP contribution is -2.28. The van der Waals surface area contributed by atoms with Gasteiger partial charge < -0.3 is 15.3 Å². The van der Waals surface area contributed by atoms with E-state index in [1.54, 1.807) is 0 Å². The molecule has 0 fully saturated rings. The Balaban J connectivity index is 4.23. The van der Waals surface area contributed by atoms with E-state index in [0.29, 0.717) is 0 Å². The van der Waals surface area contributed by atoms with Crippen molar-refractivity contribution in [2.75, 3.05) is 6.61 Å². The van der Waals surface area contributed by atoms with Crippen LogP contribution in [0.2, 0.25) is 0 Å². The van der Waals surface area contributed by atoms with Gasteiger partial charge in [0.05, 0.1) is 12.8 Å². The Kier molecular flexibility index (Phi) is 3.69. The first-order chi connectivity index (χ1) is 5.39. The summed E-state index contributed by atoms with van der Waals surface area (Å²) in [5.74, 6) is -2.21.